The Labute approximate surface area is 120 Å². The molecule has 1 atom stereocenters. The van der Waals surface area contributed by atoms with E-state index < -0.39 is 0 Å². The molecular weight excluding hydrogens is 248 g/mol. The van der Waals surface area contributed by atoms with Crippen molar-refractivity contribution >= 4 is 0 Å². The van der Waals surface area contributed by atoms with Crippen LogP contribution in [0.25, 0.3) is 0 Å². The first-order valence-electron chi connectivity index (χ1n) is 6.99. The van der Waals surface area contributed by atoms with Crippen LogP contribution in [0.4, 0.5) is 0 Å². The van der Waals surface area contributed by atoms with Crippen LogP contribution < -0.4 is 10.5 Å². The highest BCUT2D eigenvalue weighted by Gasteiger charge is 2.09. The number of pyridine rings is 1. The average Bonchev–Trinajstić information content (AvgIpc) is 2.47. The number of nitrogens with zero attached hydrogens (tertiary/aromatic N) is 1. The van der Waals surface area contributed by atoms with Crippen molar-refractivity contribution in [3.8, 4) is 11.5 Å². The van der Waals surface area contributed by atoms with Crippen LogP contribution in [-0.4, -0.2) is 4.98 Å². The molecule has 2 N–H and O–H groups in total. The van der Waals surface area contributed by atoms with Crippen molar-refractivity contribution in [1.82, 2.24) is 4.98 Å². The summed E-state index contributed by atoms with van der Waals surface area (Å²) in [7, 11) is 0. The van der Waals surface area contributed by atoms with Crippen molar-refractivity contribution in [3.63, 3.8) is 0 Å². The smallest absolute Gasteiger partial charge is 0.145 e. The largest absolute Gasteiger partial charge is 0.455 e. The molecule has 0 amide bonds. The van der Waals surface area contributed by atoms with Crippen molar-refractivity contribution in [2.75, 3.05) is 0 Å². The minimum atomic E-state index is -0.00788. The van der Waals surface area contributed by atoms with E-state index in [2.05, 4.69) is 44.8 Å². The van der Waals surface area contributed by atoms with Gasteiger partial charge in [0, 0.05) is 6.04 Å². The summed E-state index contributed by atoms with van der Waals surface area (Å²) in [5, 5.41) is 0. The summed E-state index contributed by atoms with van der Waals surface area (Å²) in [6.07, 6.45) is 2.62. The van der Waals surface area contributed by atoms with E-state index in [9.17, 15) is 0 Å². The lowest BCUT2D eigenvalue weighted by Gasteiger charge is -2.14. The molecule has 0 radical (unpaired) electrons. The van der Waals surface area contributed by atoms with E-state index in [1.807, 2.05) is 12.1 Å². The van der Waals surface area contributed by atoms with Crippen LogP contribution in [0.5, 0.6) is 11.5 Å². The van der Waals surface area contributed by atoms with Gasteiger partial charge in [-0.05, 0) is 56.0 Å². The second kappa shape index (κ2) is 6.06. The monoisotopic (exact) mass is 270 g/mol. The SMILES string of the molecule is CCC(N)c1ccc(Oc2c(C)ccc(C)c2C)cn1. The maximum Gasteiger partial charge on any atom is 0.145 e. The van der Waals surface area contributed by atoms with E-state index in [1.54, 1.807) is 6.20 Å². The normalized spacial score (nSPS) is 12.2. The van der Waals surface area contributed by atoms with Gasteiger partial charge in [0.15, 0.2) is 0 Å². The van der Waals surface area contributed by atoms with Gasteiger partial charge in [-0.2, -0.15) is 0 Å². The molecule has 0 aliphatic carbocycles. The molecule has 20 heavy (non-hydrogen) atoms. The highest BCUT2D eigenvalue weighted by atomic mass is 16.5. The first-order chi connectivity index (χ1) is 9.52. The van der Waals surface area contributed by atoms with E-state index >= 15 is 0 Å². The van der Waals surface area contributed by atoms with Gasteiger partial charge in [0.2, 0.25) is 0 Å². The number of aromatic nitrogens is 1. The van der Waals surface area contributed by atoms with Gasteiger partial charge in [-0.15, -0.1) is 0 Å². The molecule has 0 saturated carbocycles. The van der Waals surface area contributed by atoms with Crippen LogP contribution in [-0.2, 0) is 0 Å². The Kier molecular flexibility index (Phi) is 4.40. The first-order valence-corrected chi connectivity index (χ1v) is 6.99. The number of benzene rings is 1. The molecule has 0 aliphatic heterocycles. The summed E-state index contributed by atoms with van der Waals surface area (Å²) in [5.41, 5.74) is 10.4. The summed E-state index contributed by atoms with van der Waals surface area (Å²) in [6, 6.07) is 8.04. The van der Waals surface area contributed by atoms with Crippen LogP contribution in [0.15, 0.2) is 30.5 Å². The van der Waals surface area contributed by atoms with Crippen LogP contribution in [0.3, 0.4) is 0 Å². The molecule has 0 fully saturated rings. The number of rotatable bonds is 4. The Morgan fingerprint density at radius 3 is 2.40 bits per heavy atom. The molecule has 1 aromatic carbocycles. The Hall–Kier alpha value is -1.87. The van der Waals surface area contributed by atoms with Crippen LogP contribution in [0, 0.1) is 20.8 Å². The summed E-state index contributed by atoms with van der Waals surface area (Å²) in [5.74, 6) is 1.66. The number of aryl methyl sites for hydroxylation is 2. The molecule has 0 bridgehead atoms. The molecular formula is C17H22N2O. The molecule has 1 unspecified atom stereocenters. The van der Waals surface area contributed by atoms with E-state index in [1.165, 1.54) is 11.1 Å². The van der Waals surface area contributed by atoms with E-state index in [-0.39, 0.29) is 6.04 Å². The highest BCUT2D eigenvalue weighted by molar-refractivity contribution is 5.46. The maximum absolute atomic E-state index is 5.99. The lowest BCUT2D eigenvalue weighted by atomic mass is 10.1. The van der Waals surface area contributed by atoms with E-state index in [0.717, 1.165) is 29.2 Å². The summed E-state index contributed by atoms with van der Waals surface area (Å²) >= 11 is 0. The fraction of sp³-hybridized carbons (Fsp3) is 0.353. The number of ether oxygens (including phenoxy) is 1. The standard InChI is InChI=1S/C17H22N2O/c1-5-15(18)16-9-8-14(10-19-16)20-17-12(3)7-6-11(2)13(17)4/h6-10,15H,5,18H2,1-4H3. The third-order valence-electron chi connectivity index (χ3n) is 3.67. The number of hydrogen-bond donors (Lipinski definition) is 1. The fourth-order valence-corrected chi connectivity index (χ4v) is 2.08. The topological polar surface area (TPSA) is 48.1 Å². The predicted octanol–water partition coefficient (Wildman–Crippen LogP) is 4.21. The molecule has 2 aromatic rings. The fourth-order valence-electron chi connectivity index (χ4n) is 2.08. The lowest BCUT2D eigenvalue weighted by molar-refractivity contribution is 0.471. The highest BCUT2D eigenvalue weighted by Crippen LogP contribution is 2.30. The van der Waals surface area contributed by atoms with Gasteiger partial charge < -0.3 is 10.5 Å². The molecule has 2 rings (SSSR count). The average molecular weight is 270 g/mol. The number of nitrogens with two attached hydrogens (primary N) is 1. The minimum absolute atomic E-state index is 0.00788. The van der Waals surface area contributed by atoms with Crippen molar-refractivity contribution in [2.45, 2.75) is 40.2 Å². The molecule has 0 saturated heterocycles. The van der Waals surface area contributed by atoms with Crippen molar-refractivity contribution in [1.29, 1.82) is 0 Å². The summed E-state index contributed by atoms with van der Waals surface area (Å²) in [6.45, 7) is 8.27. The summed E-state index contributed by atoms with van der Waals surface area (Å²) in [4.78, 5) is 4.38. The zero-order valence-electron chi connectivity index (χ0n) is 12.6. The molecule has 106 valence electrons. The van der Waals surface area contributed by atoms with Crippen LogP contribution in [0.2, 0.25) is 0 Å². The summed E-state index contributed by atoms with van der Waals surface area (Å²) < 4.78 is 5.99. The maximum atomic E-state index is 5.99. The van der Waals surface area contributed by atoms with Gasteiger partial charge in [-0.25, -0.2) is 0 Å². The van der Waals surface area contributed by atoms with Crippen LogP contribution in [0.1, 0.15) is 41.8 Å². The van der Waals surface area contributed by atoms with E-state index in [4.69, 9.17) is 10.5 Å². The Bertz CT molecular complexity index is 591. The molecule has 0 aliphatic rings. The first kappa shape index (κ1) is 14.5. The second-order valence-electron chi connectivity index (χ2n) is 5.19. The predicted molar refractivity (Wildman–Crippen MR) is 82.2 cm³/mol. The van der Waals surface area contributed by atoms with Gasteiger partial charge >= 0.3 is 0 Å². The Morgan fingerprint density at radius 1 is 1.10 bits per heavy atom. The Morgan fingerprint density at radius 2 is 1.80 bits per heavy atom. The second-order valence-corrected chi connectivity index (χ2v) is 5.19. The molecule has 3 heteroatoms. The van der Waals surface area contributed by atoms with Gasteiger partial charge in [-0.1, -0.05) is 19.1 Å². The molecule has 3 nitrogen and oxygen atoms in total. The van der Waals surface area contributed by atoms with Gasteiger partial charge in [0.05, 0.1) is 11.9 Å². The van der Waals surface area contributed by atoms with Gasteiger partial charge in [0.1, 0.15) is 11.5 Å². The Balaban J connectivity index is 2.25. The van der Waals surface area contributed by atoms with Gasteiger partial charge in [-0.3, -0.25) is 4.98 Å². The lowest BCUT2D eigenvalue weighted by Crippen LogP contribution is -2.10. The van der Waals surface area contributed by atoms with Gasteiger partial charge in [0.25, 0.3) is 0 Å². The van der Waals surface area contributed by atoms with Crippen molar-refractivity contribution in [3.05, 3.63) is 52.8 Å². The molecule has 0 spiro atoms. The van der Waals surface area contributed by atoms with E-state index in [0.29, 0.717) is 0 Å². The zero-order chi connectivity index (χ0) is 14.7. The number of hydrogen-bond acceptors (Lipinski definition) is 3. The third kappa shape index (κ3) is 2.99. The molecule has 1 aromatic heterocycles. The van der Waals surface area contributed by atoms with Crippen molar-refractivity contribution < 1.29 is 4.74 Å². The minimum Gasteiger partial charge on any atom is -0.455 e. The zero-order valence-corrected chi connectivity index (χ0v) is 12.6. The van der Waals surface area contributed by atoms with Crippen molar-refractivity contribution in [2.24, 2.45) is 5.73 Å². The third-order valence-corrected chi connectivity index (χ3v) is 3.67. The molecule has 1 heterocycles. The van der Waals surface area contributed by atoms with Crippen LogP contribution >= 0.6 is 0 Å². The quantitative estimate of drug-likeness (QED) is 0.905.